The summed E-state index contributed by atoms with van der Waals surface area (Å²) < 4.78 is 13.7. The molecule has 4 heteroatoms. The molecule has 0 fully saturated rings. The van der Waals surface area contributed by atoms with Gasteiger partial charge in [0.15, 0.2) is 5.12 Å². The molecule has 0 heterocycles. The van der Waals surface area contributed by atoms with Crippen LogP contribution in [0.3, 0.4) is 0 Å². The third-order valence-electron chi connectivity index (χ3n) is 1.68. The van der Waals surface area contributed by atoms with Gasteiger partial charge in [0.1, 0.15) is 5.82 Å². The maximum Gasteiger partial charge on any atom is 0.185 e. The molecule has 0 radical (unpaired) electrons. The molecule has 0 amide bonds. The van der Waals surface area contributed by atoms with Gasteiger partial charge in [0.25, 0.3) is 0 Å². The van der Waals surface area contributed by atoms with E-state index < -0.39 is 0 Å². The van der Waals surface area contributed by atoms with Gasteiger partial charge < -0.3 is 0 Å². The largest absolute Gasteiger partial charge is 0.288 e. The first-order valence-corrected chi connectivity index (χ1v) is 6.45. The van der Waals surface area contributed by atoms with Crippen molar-refractivity contribution in [1.29, 1.82) is 0 Å². The first-order valence-electron chi connectivity index (χ1n) is 4.67. The van der Waals surface area contributed by atoms with Crippen LogP contribution in [-0.2, 0) is 4.79 Å². The van der Waals surface area contributed by atoms with E-state index in [-0.39, 0.29) is 10.9 Å². The summed E-state index contributed by atoms with van der Waals surface area (Å²) in [5.41, 5.74) is 0.632. The zero-order valence-electron chi connectivity index (χ0n) is 8.72. The van der Waals surface area contributed by atoms with Crippen molar-refractivity contribution >= 4 is 32.8 Å². The Kier molecular flexibility index (Phi) is 5.58. The molecule has 1 rings (SSSR count). The molecule has 1 aromatic rings. The summed E-state index contributed by atoms with van der Waals surface area (Å²) in [6.07, 6.45) is 0.618. The van der Waals surface area contributed by atoms with Crippen LogP contribution in [-0.4, -0.2) is 10.9 Å². The number of carbonyl (C=O) groups is 1. The first kappa shape index (κ1) is 13.3. The Morgan fingerprint density at radius 3 is 3.00 bits per heavy atom. The van der Waals surface area contributed by atoms with E-state index in [1.807, 2.05) is 0 Å². The lowest BCUT2D eigenvalue weighted by atomic mass is 10.2. The third-order valence-corrected chi connectivity index (χ3v) is 3.19. The minimum Gasteiger partial charge on any atom is -0.288 e. The summed E-state index contributed by atoms with van der Waals surface area (Å²) in [5, 5.41) is 0.0914. The van der Waals surface area contributed by atoms with E-state index in [4.69, 9.17) is 0 Å². The Hall–Kier alpha value is -0.790. The molecule has 16 heavy (non-hydrogen) atoms. The van der Waals surface area contributed by atoms with E-state index in [0.717, 1.165) is 4.47 Å². The third kappa shape index (κ3) is 4.82. The number of benzene rings is 1. The second kappa shape index (κ2) is 6.72. The maximum atomic E-state index is 12.9. The molecule has 0 bridgehead atoms. The molecule has 0 aliphatic rings. The van der Waals surface area contributed by atoms with Gasteiger partial charge in [-0.25, -0.2) is 4.39 Å². The fourth-order valence-corrected chi connectivity index (χ4v) is 1.83. The van der Waals surface area contributed by atoms with Crippen LogP contribution in [0.15, 0.2) is 22.7 Å². The zero-order valence-corrected chi connectivity index (χ0v) is 11.1. The maximum absolute atomic E-state index is 12.9. The standard InChI is InChI=1S/C12H10BrFOS/c1-9(15)16-7-3-2-4-10-8-11(14)5-6-12(10)13/h5-6,8H,3,7H2,1H3. The Morgan fingerprint density at radius 2 is 2.31 bits per heavy atom. The molecule has 0 aliphatic carbocycles. The van der Waals surface area contributed by atoms with Gasteiger partial charge in [-0.15, -0.1) is 0 Å². The second-order valence-electron chi connectivity index (χ2n) is 3.02. The molecular weight excluding hydrogens is 291 g/mol. The van der Waals surface area contributed by atoms with Crippen molar-refractivity contribution in [2.45, 2.75) is 13.3 Å². The molecule has 0 N–H and O–H groups in total. The fourth-order valence-electron chi connectivity index (χ4n) is 0.997. The van der Waals surface area contributed by atoms with Crippen molar-refractivity contribution in [2.24, 2.45) is 0 Å². The minimum absolute atomic E-state index is 0.0914. The van der Waals surface area contributed by atoms with Crippen LogP contribution in [0, 0.1) is 17.7 Å². The zero-order chi connectivity index (χ0) is 12.0. The molecule has 0 atom stereocenters. The predicted molar refractivity (Wildman–Crippen MR) is 68.7 cm³/mol. The number of carbonyl (C=O) groups excluding carboxylic acids is 1. The van der Waals surface area contributed by atoms with Crippen LogP contribution in [0.4, 0.5) is 4.39 Å². The van der Waals surface area contributed by atoms with E-state index in [9.17, 15) is 9.18 Å². The lowest BCUT2D eigenvalue weighted by Crippen LogP contribution is -1.85. The van der Waals surface area contributed by atoms with Gasteiger partial charge in [0, 0.05) is 29.1 Å². The SMILES string of the molecule is CC(=O)SCCC#Cc1cc(F)ccc1Br. The lowest BCUT2D eigenvalue weighted by molar-refractivity contribution is -0.109. The average molecular weight is 301 g/mol. The smallest absolute Gasteiger partial charge is 0.185 e. The van der Waals surface area contributed by atoms with E-state index in [0.29, 0.717) is 17.7 Å². The summed E-state index contributed by atoms with van der Waals surface area (Å²) in [5.74, 6) is 6.15. The van der Waals surface area contributed by atoms with Gasteiger partial charge in [-0.2, -0.15) is 0 Å². The van der Waals surface area contributed by atoms with Crippen molar-refractivity contribution in [2.75, 3.05) is 5.75 Å². The highest BCUT2D eigenvalue weighted by molar-refractivity contribution is 9.10. The number of hydrogen-bond donors (Lipinski definition) is 0. The normalized spacial score (nSPS) is 9.44. The molecule has 1 nitrogen and oxygen atoms in total. The van der Waals surface area contributed by atoms with Crippen LogP contribution < -0.4 is 0 Å². The van der Waals surface area contributed by atoms with Gasteiger partial charge in [-0.1, -0.05) is 23.6 Å². The molecule has 0 aliphatic heterocycles. The molecule has 0 aromatic heterocycles. The molecular formula is C12H10BrFOS. The lowest BCUT2D eigenvalue weighted by Gasteiger charge is -1.95. The van der Waals surface area contributed by atoms with Crippen molar-refractivity contribution < 1.29 is 9.18 Å². The molecule has 0 saturated heterocycles. The first-order chi connectivity index (χ1) is 7.59. The summed E-state index contributed by atoms with van der Waals surface area (Å²) >= 11 is 4.54. The quantitative estimate of drug-likeness (QED) is 0.613. The highest BCUT2D eigenvalue weighted by atomic mass is 79.9. The van der Waals surface area contributed by atoms with Crippen LogP contribution in [0.5, 0.6) is 0 Å². The summed E-state index contributed by atoms with van der Waals surface area (Å²) in [7, 11) is 0. The summed E-state index contributed by atoms with van der Waals surface area (Å²) in [6.45, 7) is 1.53. The fraction of sp³-hybridized carbons (Fsp3) is 0.250. The second-order valence-corrected chi connectivity index (χ2v) is 5.14. The molecule has 1 aromatic carbocycles. The van der Waals surface area contributed by atoms with Crippen LogP contribution in [0.25, 0.3) is 0 Å². The van der Waals surface area contributed by atoms with E-state index in [1.165, 1.54) is 30.8 Å². The van der Waals surface area contributed by atoms with Crippen molar-refractivity contribution in [3.05, 3.63) is 34.1 Å². The predicted octanol–water partition coefficient (Wildman–Crippen LogP) is 3.61. The molecule has 0 spiro atoms. The molecule has 84 valence electrons. The highest BCUT2D eigenvalue weighted by Gasteiger charge is 1.97. The van der Waals surface area contributed by atoms with Crippen molar-refractivity contribution in [1.82, 2.24) is 0 Å². The summed E-state index contributed by atoms with van der Waals surface area (Å²) in [6, 6.07) is 4.39. The van der Waals surface area contributed by atoms with Crippen LogP contribution in [0.1, 0.15) is 18.9 Å². The van der Waals surface area contributed by atoms with Crippen LogP contribution in [0.2, 0.25) is 0 Å². The molecule has 0 unspecified atom stereocenters. The van der Waals surface area contributed by atoms with Crippen molar-refractivity contribution in [3.8, 4) is 11.8 Å². The Labute approximate surface area is 107 Å². The average Bonchev–Trinajstić information content (AvgIpc) is 2.22. The molecule has 0 saturated carbocycles. The van der Waals surface area contributed by atoms with Gasteiger partial charge in [0.05, 0.1) is 0 Å². The number of rotatable bonds is 2. The Bertz CT molecular complexity index is 448. The number of thioether (sulfide) groups is 1. The Morgan fingerprint density at radius 1 is 1.56 bits per heavy atom. The van der Waals surface area contributed by atoms with Gasteiger partial charge >= 0.3 is 0 Å². The topological polar surface area (TPSA) is 17.1 Å². The van der Waals surface area contributed by atoms with Gasteiger partial charge in [-0.05, 0) is 34.1 Å². The van der Waals surface area contributed by atoms with Crippen molar-refractivity contribution in [3.63, 3.8) is 0 Å². The van der Waals surface area contributed by atoms with E-state index in [1.54, 1.807) is 6.07 Å². The summed E-state index contributed by atoms with van der Waals surface area (Å²) in [4.78, 5) is 10.6. The Balaban J connectivity index is 2.56. The van der Waals surface area contributed by atoms with E-state index in [2.05, 4.69) is 27.8 Å². The number of halogens is 2. The minimum atomic E-state index is -0.300. The number of hydrogen-bond acceptors (Lipinski definition) is 2. The van der Waals surface area contributed by atoms with Crippen LogP contribution >= 0.6 is 27.7 Å². The highest BCUT2D eigenvalue weighted by Crippen LogP contribution is 2.16. The monoisotopic (exact) mass is 300 g/mol. The van der Waals surface area contributed by atoms with Gasteiger partial charge in [0.2, 0.25) is 0 Å². The van der Waals surface area contributed by atoms with Gasteiger partial charge in [-0.3, -0.25) is 4.79 Å². The van der Waals surface area contributed by atoms with E-state index >= 15 is 0 Å².